The van der Waals surface area contributed by atoms with Crippen molar-refractivity contribution in [1.82, 2.24) is 4.31 Å². The standard InChI is InChI=1S/C14H21BrN2O3S/c1-21(19,20)17-6-2-3-10(9-17)7-14(18)12-8-11(15)4-5-13(12)16/h4-5,8,10,14,18H,2-3,6-7,9,16H2,1H3. The first kappa shape index (κ1) is 16.7. The van der Waals surface area contributed by atoms with Gasteiger partial charge in [-0.05, 0) is 43.4 Å². The Balaban J connectivity index is 2.05. The van der Waals surface area contributed by atoms with Crippen LogP contribution in [0.25, 0.3) is 0 Å². The summed E-state index contributed by atoms with van der Waals surface area (Å²) in [5.74, 6) is 0.154. The summed E-state index contributed by atoms with van der Waals surface area (Å²) >= 11 is 3.37. The Hall–Kier alpha value is -0.630. The molecule has 0 bridgehead atoms. The van der Waals surface area contributed by atoms with Gasteiger partial charge in [0, 0.05) is 28.8 Å². The van der Waals surface area contributed by atoms with E-state index in [0.717, 1.165) is 17.3 Å². The van der Waals surface area contributed by atoms with Crippen LogP contribution in [0.2, 0.25) is 0 Å². The van der Waals surface area contributed by atoms with Crippen LogP contribution in [-0.2, 0) is 10.0 Å². The van der Waals surface area contributed by atoms with Crippen LogP contribution in [0.1, 0.15) is 30.9 Å². The molecule has 1 aliphatic rings. The first-order chi connectivity index (χ1) is 9.77. The van der Waals surface area contributed by atoms with Crippen LogP contribution in [0.5, 0.6) is 0 Å². The summed E-state index contributed by atoms with van der Waals surface area (Å²) in [7, 11) is -3.15. The quantitative estimate of drug-likeness (QED) is 0.788. The van der Waals surface area contributed by atoms with Gasteiger partial charge in [-0.2, -0.15) is 0 Å². The van der Waals surface area contributed by atoms with Crippen LogP contribution < -0.4 is 5.73 Å². The van der Waals surface area contributed by atoms with E-state index in [1.807, 2.05) is 12.1 Å². The third-order valence-corrected chi connectivity index (χ3v) is 5.68. The second kappa shape index (κ2) is 6.64. The average Bonchev–Trinajstić information content (AvgIpc) is 2.41. The molecule has 2 atom stereocenters. The molecule has 1 aromatic rings. The first-order valence-corrected chi connectivity index (χ1v) is 9.59. The highest BCUT2D eigenvalue weighted by molar-refractivity contribution is 9.10. The Morgan fingerprint density at radius 2 is 2.24 bits per heavy atom. The molecule has 0 aromatic heterocycles. The molecule has 0 radical (unpaired) electrons. The number of sulfonamides is 1. The van der Waals surface area contributed by atoms with Crippen molar-refractivity contribution in [2.24, 2.45) is 5.92 Å². The number of piperidine rings is 1. The number of aliphatic hydroxyl groups excluding tert-OH is 1. The lowest BCUT2D eigenvalue weighted by atomic mass is 9.90. The second-order valence-corrected chi connectivity index (χ2v) is 8.55. The van der Waals surface area contributed by atoms with E-state index in [4.69, 9.17) is 5.73 Å². The van der Waals surface area contributed by atoms with E-state index in [2.05, 4.69) is 15.9 Å². The molecule has 1 saturated heterocycles. The van der Waals surface area contributed by atoms with Crippen LogP contribution >= 0.6 is 15.9 Å². The number of hydrogen-bond acceptors (Lipinski definition) is 4. The Morgan fingerprint density at radius 3 is 2.90 bits per heavy atom. The third-order valence-electron chi connectivity index (χ3n) is 3.92. The highest BCUT2D eigenvalue weighted by atomic mass is 79.9. The van der Waals surface area contributed by atoms with E-state index in [9.17, 15) is 13.5 Å². The van der Waals surface area contributed by atoms with Gasteiger partial charge in [0.05, 0.1) is 12.4 Å². The predicted octanol–water partition coefficient (Wildman–Crippen LogP) is 2.13. The average molecular weight is 377 g/mol. The number of anilines is 1. The zero-order valence-electron chi connectivity index (χ0n) is 12.0. The van der Waals surface area contributed by atoms with Gasteiger partial charge in [-0.25, -0.2) is 12.7 Å². The van der Waals surface area contributed by atoms with Gasteiger partial charge >= 0.3 is 0 Å². The number of benzene rings is 1. The minimum absolute atomic E-state index is 0.154. The lowest BCUT2D eigenvalue weighted by molar-refractivity contribution is 0.123. The van der Waals surface area contributed by atoms with Crippen molar-refractivity contribution in [3.63, 3.8) is 0 Å². The van der Waals surface area contributed by atoms with Gasteiger partial charge in [-0.1, -0.05) is 15.9 Å². The molecule has 0 saturated carbocycles. The summed E-state index contributed by atoms with van der Waals surface area (Å²) in [5.41, 5.74) is 7.16. The summed E-state index contributed by atoms with van der Waals surface area (Å²) in [5, 5.41) is 10.4. The van der Waals surface area contributed by atoms with E-state index in [1.165, 1.54) is 10.6 Å². The zero-order valence-corrected chi connectivity index (χ0v) is 14.4. The summed E-state index contributed by atoms with van der Waals surface area (Å²) in [6.07, 6.45) is 2.84. The van der Waals surface area contributed by atoms with Crippen molar-refractivity contribution in [1.29, 1.82) is 0 Å². The Labute approximate surface area is 134 Å². The zero-order chi connectivity index (χ0) is 15.6. The molecule has 0 aliphatic carbocycles. The van der Waals surface area contributed by atoms with E-state index in [1.54, 1.807) is 6.07 Å². The van der Waals surface area contributed by atoms with Gasteiger partial charge in [-0.3, -0.25) is 0 Å². The van der Waals surface area contributed by atoms with Gasteiger partial charge in [-0.15, -0.1) is 0 Å². The van der Waals surface area contributed by atoms with E-state index in [0.29, 0.717) is 30.8 Å². The smallest absolute Gasteiger partial charge is 0.211 e. The highest BCUT2D eigenvalue weighted by Gasteiger charge is 2.28. The molecule has 118 valence electrons. The lowest BCUT2D eigenvalue weighted by Crippen LogP contribution is -2.39. The number of rotatable bonds is 4. The van der Waals surface area contributed by atoms with Gasteiger partial charge in [0.1, 0.15) is 0 Å². The van der Waals surface area contributed by atoms with E-state index in [-0.39, 0.29) is 5.92 Å². The Morgan fingerprint density at radius 1 is 1.52 bits per heavy atom. The van der Waals surface area contributed by atoms with Crippen molar-refractivity contribution in [3.8, 4) is 0 Å². The molecule has 3 N–H and O–H groups in total. The van der Waals surface area contributed by atoms with Crippen molar-refractivity contribution in [2.75, 3.05) is 25.1 Å². The number of nitrogens with zero attached hydrogens (tertiary/aromatic N) is 1. The minimum Gasteiger partial charge on any atom is -0.398 e. The largest absolute Gasteiger partial charge is 0.398 e. The monoisotopic (exact) mass is 376 g/mol. The van der Waals surface area contributed by atoms with Gasteiger partial charge in [0.25, 0.3) is 0 Å². The SMILES string of the molecule is CS(=O)(=O)N1CCCC(CC(O)c2cc(Br)ccc2N)C1. The molecule has 21 heavy (non-hydrogen) atoms. The number of hydrogen-bond donors (Lipinski definition) is 2. The maximum absolute atomic E-state index is 11.6. The van der Waals surface area contributed by atoms with E-state index >= 15 is 0 Å². The topological polar surface area (TPSA) is 83.6 Å². The van der Waals surface area contributed by atoms with Crippen LogP contribution in [0.4, 0.5) is 5.69 Å². The first-order valence-electron chi connectivity index (χ1n) is 6.95. The summed E-state index contributed by atoms with van der Waals surface area (Å²) in [4.78, 5) is 0. The molecule has 0 amide bonds. The van der Waals surface area contributed by atoms with E-state index < -0.39 is 16.1 Å². The normalized spacial score (nSPS) is 22.1. The van der Waals surface area contributed by atoms with Crippen molar-refractivity contribution < 1.29 is 13.5 Å². The molecule has 2 rings (SSSR count). The molecule has 1 aromatic carbocycles. The highest BCUT2D eigenvalue weighted by Crippen LogP contribution is 2.32. The fourth-order valence-electron chi connectivity index (χ4n) is 2.80. The van der Waals surface area contributed by atoms with Crippen LogP contribution in [-0.4, -0.2) is 37.2 Å². The van der Waals surface area contributed by atoms with Crippen LogP contribution in [0.3, 0.4) is 0 Å². The number of nitrogens with two attached hydrogens (primary N) is 1. The van der Waals surface area contributed by atoms with Gasteiger partial charge in [0.15, 0.2) is 0 Å². The molecular weight excluding hydrogens is 356 g/mol. The predicted molar refractivity (Wildman–Crippen MR) is 87.3 cm³/mol. The molecular formula is C14H21BrN2O3S. The lowest BCUT2D eigenvalue weighted by Gasteiger charge is -2.32. The molecule has 7 heteroatoms. The number of nitrogen functional groups attached to an aromatic ring is 1. The summed E-state index contributed by atoms with van der Waals surface area (Å²) in [6, 6.07) is 5.40. The maximum atomic E-state index is 11.6. The number of aliphatic hydroxyl groups is 1. The van der Waals surface area contributed by atoms with Crippen molar-refractivity contribution in [3.05, 3.63) is 28.2 Å². The minimum atomic E-state index is -3.15. The summed E-state index contributed by atoms with van der Waals surface area (Å²) in [6.45, 7) is 1.05. The number of halogens is 1. The molecule has 5 nitrogen and oxygen atoms in total. The maximum Gasteiger partial charge on any atom is 0.211 e. The third kappa shape index (κ3) is 4.42. The molecule has 1 heterocycles. The Bertz CT molecular complexity index is 606. The van der Waals surface area contributed by atoms with Gasteiger partial charge < -0.3 is 10.8 Å². The Kier molecular flexibility index (Phi) is 5.29. The molecule has 1 fully saturated rings. The van der Waals surface area contributed by atoms with Crippen molar-refractivity contribution in [2.45, 2.75) is 25.4 Å². The van der Waals surface area contributed by atoms with Crippen LogP contribution in [0.15, 0.2) is 22.7 Å². The van der Waals surface area contributed by atoms with Gasteiger partial charge in [0.2, 0.25) is 10.0 Å². The summed E-state index contributed by atoms with van der Waals surface area (Å²) < 4.78 is 25.6. The fourth-order valence-corrected chi connectivity index (χ4v) is 4.12. The molecule has 0 spiro atoms. The second-order valence-electron chi connectivity index (χ2n) is 5.65. The molecule has 2 unspecified atom stereocenters. The molecule has 1 aliphatic heterocycles. The fraction of sp³-hybridized carbons (Fsp3) is 0.571. The van der Waals surface area contributed by atoms with Crippen LogP contribution in [0, 0.1) is 5.92 Å². The van der Waals surface area contributed by atoms with Crippen molar-refractivity contribution >= 4 is 31.6 Å².